The van der Waals surface area contributed by atoms with Gasteiger partial charge in [-0.3, -0.25) is 0 Å². The zero-order valence-electron chi connectivity index (χ0n) is 10.2. The second kappa shape index (κ2) is 4.77. The predicted octanol–water partition coefficient (Wildman–Crippen LogP) is 1.89. The number of aromatic nitrogens is 4. The van der Waals surface area contributed by atoms with Crippen LogP contribution in [-0.4, -0.2) is 20.1 Å². The molecule has 1 atom stereocenters. The highest BCUT2D eigenvalue weighted by Gasteiger charge is 2.17. The number of hydrogen-bond donors (Lipinski definition) is 2. The molecule has 1 unspecified atom stereocenters. The van der Waals surface area contributed by atoms with Crippen LogP contribution in [-0.2, 0) is 0 Å². The molecular formula is C10H13ClN6O. The lowest BCUT2D eigenvalue weighted by molar-refractivity contribution is 0.392. The van der Waals surface area contributed by atoms with Crippen LogP contribution in [0.15, 0.2) is 4.52 Å². The molecule has 0 amide bonds. The normalized spacial score (nSPS) is 12.4. The molecule has 0 saturated carbocycles. The van der Waals surface area contributed by atoms with Crippen molar-refractivity contribution in [2.24, 2.45) is 0 Å². The number of hydrogen-bond acceptors (Lipinski definition) is 7. The minimum atomic E-state index is -0.0749. The van der Waals surface area contributed by atoms with E-state index in [4.69, 9.17) is 21.9 Å². The molecule has 0 aliphatic rings. The van der Waals surface area contributed by atoms with E-state index in [1.165, 1.54) is 0 Å². The molecule has 0 radical (unpaired) electrons. The zero-order chi connectivity index (χ0) is 13.3. The Hall–Kier alpha value is -1.89. The van der Waals surface area contributed by atoms with Crippen molar-refractivity contribution in [3.8, 4) is 0 Å². The van der Waals surface area contributed by atoms with Gasteiger partial charge in [0.15, 0.2) is 0 Å². The van der Waals surface area contributed by atoms with Crippen molar-refractivity contribution >= 4 is 23.5 Å². The van der Waals surface area contributed by atoms with E-state index in [-0.39, 0.29) is 17.3 Å². The maximum absolute atomic E-state index is 5.71. The third-order valence-corrected chi connectivity index (χ3v) is 2.66. The Morgan fingerprint density at radius 3 is 2.56 bits per heavy atom. The minimum Gasteiger partial charge on any atom is -0.368 e. The molecule has 8 heteroatoms. The first-order valence-electron chi connectivity index (χ1n) is 5.33. The molecule has 0 bridgehead atoms. The van der Waals surface area contributed by atoms with Crippen LogP contribution in [0.1, 0.15) is 30.0 Å². The Bertz CT molecular complexity index is 530. The van der Waals surface area contributed by atoms with Crippen molar-refractivity contribution in [1.82, 2.24) is 20.1 Å². The summed E-state index contributed by atoms with van der Waals surface area (Å²) in [5.41, 5.74) is 7.28. The minimum absolute atomic E-state index is 0.0518. The summed E-state index contributed by atoms with van der Waals surface area (Å²) >= 11 is 5.71. The lowest BCUT2D eigenvalue weighted by atomic mass is 10.1. The molecule has 0 aliphatic heterocycles. The average Bonchev–Trinajstić information content (AvgIpc) is 2.56. The number of rotatable bonds is 3. The van der Waals surface area contributed by atoms with Gasteiger partial charge in [-0.15, -0.1) is 0 Å². The summed E-state index contributed by atoms with van der Waals surface area (Å²) in [7, 11) is 0. The summed E-state index contributed by atoms with van der Waals surface area (Å²) in [6.45, 7) is 5.67. The topological polar surface area (TPSA) is 103 Å². The summed E-state index contributed by atoms with van der Waals surface area (Å²) in [4.78, 5) is 11.6. The van der Waals surface area contributed by atoms with Gasteiger partial charge < -0.3 is 15.6 Å². The Balaban J connectivity index is 2.24. The van der Waals surface area contributed by atoms with Crippen molar-refractivity contribution in [1.29, 1.82) is 0 Å². The van der Waals surface area contributed by atoms with E-state index >= 15 is 0 Å². The molecule has 0 aliphatic carbocycles. The maximum Gasteiger partial charge on any atom is 0.229 e. The van der Waals surface area contributed by atoms with E-state index in [1.54, 1.807) is 0 Å². The zero-order valence-corrected chi connectivity index (χ0v) is 11.0. The van der Waals surface area contributed by atoms with Gasteiger partial charge in [0.1, 0.15) is 5.76 Å². The molecule has 0 saturated heterocycles. The molecule has 3 N–H and O–H groups in total. The van der Waals surface area contributed by atoms with Gasteiger partial charge in [0.25, 0.3) is 0 Å². The highest BCUT2D eigenvalue weighted by atomic mass is 35.5. The second-order valence-corrected chi connectivity index (χ2v) is 4.23. The fourth-order valence-electron chi connectivity index (χ4n) is 1.80. The first-order chi connectivity index (χ1) is 8.47. The van der Waals surface area contributed by atoms with E-state index in [1.807, 2.05) is 20.8 Å². The average molecular weight is 269 g/mol. The van der Waals surface area contributed by atoms with Crippen LogP contribution >= 0.6 is 11.6 Å². The first-order valence-corrected chi connectivity index (χ1v) is 5.71. The Kier molecular flexibility index (Phi) is 3.33. The van der Waals surface area contributed by atoms with Crippen LogP contribution < -0.4 is 11.1 Å². The van der Waals surface area contributed by atoms with Gasteiger partial charge in [0, 0.05) is 5.56 Å². The largest absolute Gasteiger partial charge is 0.368 e. The quantitative estimate of drug-likeness (QED) is 0.876. The number of aryl methyl sites for hydroxylation is 2. The van der Waals surface area contributed by atoms with Crippen molar-refractivity contribution in [3.05, 3.63) is 22.3 Å². The predicted molar refractivity (Wildman–Crippen MR) is 67.3 cm³/mol. The SMILES string of the molecule is Cc1noc(C)c1C(C)Nc1nc(N)nc(Cl)n1. The molecule has 18 heavy (non-hydrogen) atoms. The summed E-state index contributed by atoms with van der Waals surface area (Å²) in [6, 6.07) is -0.0749. The van der Waals surface area contributed by atoms with Gasteiger partial charge in [0.2, 0.25) is 17.2 Å². The molecule has 2 heterocycles. The summed E-state index contributed by atoms with van der Waals surface area (Å²) in [5, 5.41) is 7.03. The second-order valence-electron chi connectivity index (χ2n) is 3.89. The molecule has 0 spiro atoms. The summed E-state index contributed by atoms with van der Waals surface area (Å²) in [5.74, 6) is 1.14. The number of nitrogens with two attached hydrogens (primary N) is 1. The fourth-order valence-corrected chi connectivity index (χ4v) is 1.97. The highest BCUT2D eigenvalue weighted by molar-refractivity contribution is 6.28. The van der Waals surface area contributed by atoms with Gasteiger partial charge >= 0.3 is 0 Å². The molecule has 2 aromatic rings. The Labute approximate surface area is 109 Å². The highest BCUT2D eigenvalue weighted by Crippen LogP contribution is 2.23. The van der Waals surface area contributed by atoms with Gasteiger partial charge in [0.05, 0.1) is 11.7 Å². The molecule has 0 fully saturated rings. The smallest absolute Gasteiger partial charge is 0.229 e. The van der Waals surface area contributed by atoms with E-state index < -0.39 is 0 Å². The maximum atomic E-state index is 5.71. The number of nitrogen functional groups attached to an aromatic ring is 1. The standard InChI is InChI=1S/C10H13ClN6O/c1-4(7-5(2)17-18-6(7)3)13-10-15-8(11)14-9(12)16-10/h4H,1-3H3,(H3,12,13,14,15,16). The van der Waals surface area contributed by atoms with Crippen molar-refractivity contribution < 1.29 is 4.52 Å². The fraction of sp³-hybridized carbons (Fsp3) is 0.400. The first kappa shape index (κ1) is 12.6. The van der Waals surface area contributed by atoms with Crippen LogP contribution in [0.2, 0.25) is 5.28 Å². The Morgan fingerprint density at radius 2 is 2.00 bits per heavy atom. The third kappa shape index (κ3) is 2.51. The lowest BCUT2D eigenvalue weighted by Crippen LogP contribution is -2.12. The van der Waals surface area contributed by atoms with Crippen molar-refractivity contribution in [2.75, 3.05) is 11.1 Å². The number of nitrogens with zero attached hydrogens (tertiary/aromatic N) is 4. The number of nitrogens with one attached hydrogen (secondary N) is 1. The van der Waals surface area contributed by atoms with Crippen molar-refractivity contribution in [3.63, 3.8) is 0 Å². The Morgan fingerprint density at radius 1 is 1.28 bits per heavy atom. The van der Waals surface area contributed by atoms with Crippen LogP contribution in [0, 0.1) is 13.8 Å². The van der Waals surface area contributed by atoms with E-state index in [9.17, 15) is 0 Å². The van der Waals surface area contributed by atoms with Gasteiger partial charge in [-0.05, 0) is 32.4 Å². The molecule has 2 aromatic heterocycles. The monoisotopic (exact) mass is 268 g/mol. The molecule has 0 aromatic carbocycles. The van der Waals surface area contributed by atoms with E-state index in [0.717, 1.165) is 17.0 Å². The van der Waals surface area contributed by atoms with Crippen LogP contribution in [0.25, 0.3) is 0 Å². The van der Waals surface area contributed by atoms with E-state index in [0.29, 0.717) is 5.95 Å². The summed E-state index contributed by atoms with van der Waals surface area (Å²) in [6.07, 6.45) is 0. The number of halogens is 1. The van der Waals surface area contributed by atoms with Crippen LogP contribution in [0.4, 0.5) is 11.9 Å². The van der Waals surface area contributed by atoms with Crippen LogP contribution in [0.3, 0.4) is 0 Å². The lowest BCUT2D eigenvalue weighted by Gasteiger charge is -2.13. The third-order valence-electron chi connectivity index (χ3n) is 2.49. The molecule has 2 rings (SSSR count). The van der Waals surface area contributed by atoms with Gasteiger partial charge in [-0.1, -0.05) is 5.16 Å². The summed E-state index contributed by atoms with van der Waals surface area (Å²) < 4.78 is 5.11. The van der Waals surface area contributed by atoms with Crippen molar-refractivity contribution in [2.45, 2.75) is 26.8 Å². The number of anilines is 2. The molecular weight excluding hydrogens is 256 g/mol. The molecule has 7 nitrogen and oxygen atoms in total. The van der Waals surface area contributed by atoms with Gasteiger partial charge in [-0.25, -0.2) is 0 Å². The van der Waals surface area contributed by atoms with Gasteiger partial charge in [-0.2, -0.15) is 15.0 Å². The van der Waals surface area contributed by atoms with E-state index in [2.05, 4.69) is 25.4 Å². The van der Waals surface area contributed by atoms with Crippen LogP contribution in [0.5, 0.6) is 0 Å². The molecule has 96 valence electrons.